The maximum Gasteiger partial charge on any atom is 0.228 e. The van der Waals surface area contributed by atoms with Crippen molar-refractivity contribution in [1.29, 1.82) is 0 Å². The molecule has 11 heavy (non-hydrogen) atoms. The van der Waals surface area contributed by atoms with Gasteiger partial charge in [0.1, 0.15) is 0 Å². The largest absolute Gasteiger partial charge is 0.395 e. The lowest BCUT2D eigenvalue weighted by molar-refractivity contribution is -0.132. The third kappa shape index (κ3) is 1.38. The molecule has 0 aromatic heterocycles. The van der Waals surface area contributed by atoms with Crippen molar-refractivity contribution in [1.82, 2.24) is 5.32 Å². The Morgan fingerprint density at radius 1 is 1.55 bits per heavy atom. The SMILES string of the molecule is CNC(=O)C1(CO)CCCC1. The molecule has 0 spiro atoms. The molecule has 0 aromatic rings. The molecule has 1 saturated carbocycles. The van der Waals surface area contributed by atoms with Crippen LogP contribution in [0.4, 0.5) is 0 Å². The summed E-state index contributed by atoms with van der Waals surface area (Å²) in [6.07, 6.45) is 3.80. The highest BCUT2D eigenvalue weighted by Gasteiger charge is 2.39. The van der Waals surface area contributed by atoms with Gasteiger partial charge in [-0.1, -0.05) is 12.8 Å². The Bertz CT molecular complexity index is 150. The van der Waals surface area contributed by atoms with Crippen LogP contribution in [0.5, 0.6) is 0 Å². The minimum atomic E-state index is -0.450. The van der Waals surface area contributed by atoms with Gasteiger partial charge in [0.15, 0.2) is 0 Å². The van der Waals surface area contributed by atoms with Gasteiger partial charge in [-0.25, -0.2) is 0 Å². The molecule has 0 radical (unpaired) electrons. The first-order valence-corrected chi connectivity index (χ1v) is 4.08. The van der Waals surface area contributed by atoms with Crippen LogP contribution in [0.1, 0.15) is 25.7 Å². The van der Waals surface area contributed by atoms with Crippen molar-refractivity contribution in [2.24, 2.45) is 5.41 Å². The molecule has 0 saturated heterocycles. The molecule has 0 atom stereocenters. The van der Waals surface area contributed by atoms with Gasteiger partial charge in [0.05, 0.1) is 12.0 Å². The maximum atomic E-state index is 11.3. The number of carbonyl (C=O) groups is 1. The van der Waals surface area contributed by atoms with Crippen LogP contribution in [0.3, 0.4) is 0 Å². The van der Waals surface area contributed by atoms with Crippen molar-refractivity contribution in [3.63, 3.8) is 0 Å². The van der Waals surface area contributed by atoms with Crippen molar-refractivity contribution < 1.29 is 9.90 Å². The van der Waals surface area contributed by atoms with E-state index in [1.165, 1.54) is 0 Å². The predicted molar refractivity (Wildman–Crippen MR) is 42.1 cm³/mol. The Hall–Kier alpha value is -0.570. The normalized spacial score (nSPS) is 21.6. The second-order valence-corrected chi connectivity index (χ2v) is 3.22. The van der Waals surface area contributed by atoms with Crippen LogP contribution in [-0.2, 0) is 4.79 Å². The summed E-state index contributed by atoms with van der Waals surface area (Å²) in [6, 6.07) is 0. The fourth-order valence-electron chi connectivity index (χ4n) is 1.77. The number of hydrogen-bond acceptors (Lipinski definition) is 2. The summed E-state index contributed by atoms with van der Waals surface area (Å²) < 4.78 is 0. The van der Waals surface area contributed by atoms with Crippen LogP contribution in [0.2, 0.25) is 0 Å². The molecule has 0 heterocycles. The number of rotatable bonds is 2. The molecule has 1 aliphatic rings. The second kappa shape index (κ2) is 3.22. The number of aliphatic hydroxyl groups is 1. The topological polar surface area (TPSA) is 49.3 Å². The quantitative estimate of drug-likeness (QED) is 0.605. The van der Waals surface area contributed by atoms with Crippen LogP contribution in [0, 0.1) is 5.41 Å². The van der Waals surface area contributed by atoms with Gasteiger partial charge < -0.3 is 10.4 Å². The van der Waals surface area contributed by atoms with E-state index >= 15 is 0 Å². The third-order valence-electron chi connectivity index (χ3n) is 2.57. The Balaban J connectivity index is 2.66. The molecule has 64 valence electrons. The Morgan fingerprint density at radius 3 is 2.45 bits per heavy atom. The van der Waals surface area contributed by atoms with Gasteiger partial charge in [-0.15, -0.1) is 0 Å². The summed E-state index contributed by atoms with van der Waals surface area (Å²) in [5.74, 6) is -0.00231. The summed E-state index contributed by atoms with van der Waals surface area (Å²) in [5.41, 5.74) is -0.450. The molecule has 3 heteroatoms. The highest BCUT2D eigenvalue weighted by molar-refractivity contribution is 5.82. The first-order valence-electron chi connectivity index (χ1n) is 4.08. The van der Waals surface area contributed by atoms with E-state index in [1.54, 1.807) is 7.05 Å². The van der Waals surface area contributed by atoms with E-state index in [4.69, 9.17) is 5.11 Å². The third-order valence-corrected chi connectivity index (χ3v) is 2.57. The van der Waals surface area contributed by atoms with E-state index in [9.17, 15) is 4.79 Å². The summed E-state index contributed by atoms with van der Waals surface area (Å²) >= 11 is 0. The van der Waals surface area contributed by atoms with Crippen molar-refractivity contribution in [2.45, 2.75) is 25.7 Å². The van der Waals surface area contributed by atoms with Crippen molar-refractivity contribution in [2.75, 3.05) is 13.7 Å². The number of nitrogens with one attached hydrogen (secondary N) is 1. The summed E-state index contributed by atoms with van der Waals surface area (Å²) in [6.45, 7) is -0.00727. The Morgan fingerprint density at radius 2 is 2.09 bits per heavy atom. The van der Waals surface area contributed by atoms with Gasteiger partial charge in [-0.3, -0.25) is 4.79 Å². The van der Waals surface area contributed by atoms with Gasteiger partial charge in [-0.2, -0.15) is 0 Å². The van der Waals surface area contributed by atoms with Gasteiger partial charge in [0.2, 0.25) is 5.91 Å². The highest BCUT2D eigenvalue weighted by atomic mass is 16.3. The van der Waals surface area contributed by atoms with E-state index in [0.29, 0.717) is 0 Å². The van der Waals surface area contributed by atoms with Gasteiger partial charge in [0, 0.05) is 7.05 Å². The molecule has 0 aliphatic heterocycles. The predicted octanol–water partition coefficient (Wildman–Crippen LogP) is 0.285. The van der Waals surface area contributed by atoms with Gasteiger partial charge in [-0.05, 0) is 12.8 Å². The monoisotopic (exact) mass is 157 g/mol. The summed E-state index contributed by atoms with van der Waals surface area (Å²) in [4.78, 5) is 11.3. The average Bonchev–Trinajstić information content (AvgIpc) is 2.52. The van der Waals surface area contributed by atoms with Crippen LogP contribution in [0.15, 0.2) is 0 Å². The molecule has 1 aliphatic carbocycles. The fraction of sp³-hybridized carbons (Fsp3) is 0.875. The first kappa shape index (κ1) is 8.53. The van der Waals surface area contributed by atoms with E-state index in [0.717, 1.165) is 25.7 Å². The zero-order chi connectivity index (χ0) is 8.32. The number of amides is 1. The lowest BCUT2D eigenvalue weighted by Gasteiger charge is -2.23. The van der Waals surface area contributed by atoms with Crippen molar-refractivity contribution in [3.8, 4) is 0 Å². The maximum absolute atomic E-state index is 11.3. The molecule has 1 fully saturated rings. The summed E-state index contributed by atoms with van der Waals surface area (Å²) in [7, 11) is 1.62. The smallest absolute Gasteiger partial charge is 0.228 e. The molecular formula is C8H15NO2. The molecule has 0 aromatic carbocycles. The second-order valence-electron chi connectivity index (χ2n) is 3.22. The number of aliphatic hydroxyl groups excluding tert-OH is 1. The van der Waals surface area contributed by atoms with E-state index in [1.807, 2.05) is 0 Å². The zero-order valence-electron chi connectivity index (χ0n) is 6.89. The Labute approximate surface area is 66.8 Å². The molecule has 1 amide bonds. The molecule has 2 N–H and O–H groups in total. The van der Waals surface area contributed by atoms with Crippen LogP contribution in [0.25, 0.3) is 0 Å². The minimum Gasteiger partial charge on any atom is -0.395 e. The number of hydrogen-bond donors (Lipinski definition) is 2. The fourth-order valence-corrected chi connectivity index (χ4v) is 1.77. The van der Waals surface area contributed by atoms with E-state index in [-0.39, 0.29) is 12.5 Å². The first-order chi connectivity index (χ1) is 5.25. The number of carbonyl (C=O) groups excluding carboxylic acids is 1. The summed E-state index contributed by atoms with van der Waals surface area (Å²) in [5, 5.41) is 11.7. The van der Waals surface area contributed by atoms with Crippen LogP contribution < -0.4 is 5.32 Å². The van der Waals surface area contributed by atoms with Crippen LogP contribution in [-0.4, -0.2) is 24.7 Å². The zero-order valence-corrected chi connectivity index (χ0v) is 6.89. The van der Waals surface area contributed by atoms with Crippen molar-refractivity contribution in [3.05, 3.63) is 0 Å². The lowest BCUT2D eigenvalue weighted by Crippen LogP contribution is -2.39. The Kier molecular flexibility index (Phi) is 2.49. The lowest BCUT2D eigenvalue weighted by atomic mass is 9.86. The van der Waals surface area contributed by atoms with Gasteiger partial charge in [0.25, 0.3) is 0 Å². The minimum absolute atomic E-state index is 0.00231. The average molecular weight is 157 g/mol. The molecule has 1 rings (SSSR count). The highest BCUT2D eigenvalue weighted by Crippen LogP contribution is 2.37. The van der Waals surface area contributed by atoms with E-state index in [2.05, 4.69) is 5.32 Å². The standard InChI is InChI=1S/C8H15NO2/c1-9-7(11)8(6-10)4-2-3-5-8/h10H,2-6H2,1H3,(H,9,11). The van der Waals surface area contributed by atoms with Gasteiger partial charge >= 0.3 is 0 Å². The molecule has 0 bridgehead atoms. The van der Waals surface area contributed by atoms with Crippen molar-refractivity contribution >= 4 is 5.91 Å². The molecule has 0 unspecified atom stereocenters. The van der Waals surface area contributed by atoms with E-state index < -0.39 is 5.41 Å². The molecular weight excluding hydrogens is 142 g/mol. The van der Waals surface area contributed by atoms with Crippen LogP contribution >= 0.6 is 0 Å². The molecule has 3 nitrogen and oxygen atoms in total.